The van der Waals surface area contributed by atoms with E-state index in [9.17, 15) is 29.9 Å². The number of methoxy groups -OCH3 is 1. The standard InChI is InChI=1S/C21H14N2O7/c1-30-11-4-2-3-10(9-11)22-12-5-7-14(24)18-16(12)20(26)17-13(23(28)29)6-8-15(25)19(17)21(18)27/h2-9,22,24-25H,1H3. The Kier molecular flexibility index (Phi) is 4.35. The van der Waals surface area contributed by atoms with Crippen LogP contribution in [0.1, 0.15) is 31.8 Å². The zero-order valence-corrected chi connectivity index (χ0v) is 15.5. The molecule has 1 aliphatic rings. The lowest BCUT2D eigenvalue weighted by Gasteiger charge is -2.22. The second-order valence-electron chi connectivity index (χ2n) is 6.51. The molecule has 0 atom stereocenters. The van der Waals surface area contributed by atoms with Crippen LogP contribution in [-0.2, 0) is 0 Å². The number of ether oxygens (including phenoxy) is 1. The molecule has 4 rings (SSSR count). The molecule has 1 aliphatic carbocycles. The number of nitro benzene ring substituents is 1. The van der Waals surface area contributed by atoms with Crippen LogP contribution in [-0.4, -0.2) is 33.8 Å². The number of hydrogen-bond donors (Lipinski definition) is 3. The predicted molar refractivity (Wildman–Crippen MR) is 106 cm³/mol. The molecule has 3 aromatic carbocycles. The fraction of sp³-hybridized carbons (Fsp3) is 0.0476. The topological polar surface area (TPSA) is 139 Å². The van der Waals surface area contributed by atoms with Crippen molar-refractivity contribution in [1.29, 1.82) is 0 Å². The summed E-state index contributed by atoms with van der Waals surface area (Å²) in [5, 5.41) is 34.8. The predicted octanol–water partition coefficient (Wildman–Crippen LogP) is 3.53. The van der Waals surface area contributed by atoms with Gasteiger partial charge in [0.05, 0.1) is 34.4 Å². The van der Waals surface area contributed by atoms with Crippen LogP contribution in [0.4, 0.5) is 17.1 Å². The van der Waals surface area contributed by atoms with E-state index in [1.54, 1.807) is 24.3 Å². The van der Waals surface area contributed by atoms with Gasteiger partial charge in [0.1, 0.15) is 22.8 Å². The van der Waals surface area contributed by atoms with E-state index in [1.165, 1.54) is 19.2 Å². The van der Waals surface area contributed by atoms with E-state index in [4.69, 9.17) is 4.74 Å². The maximum absolute atomic E-state index is 13.3. The number of benzene rings is 3. The van der Waals surface area contributed by atoms with Gasteiger partial charge in [-0.05, 0) is 30.3 Å². The summed E-state index contributed by atoms with van der Waals surface area (Å²) >= 11 is 0. The Morgan fingerprint density at radius 3 is 2.20 bits per heavy atom. The first-order valence-corrected chi connectivity index (χ1v) is 8.70. The number of carbonyl (C=O) groups is 2. The molecule has 0 saturated carbocycles. The SMILES string of the molecule is COc1cccc(Nc2ccc(O)c3c2C(=O)c2c([N+](=O)[O-])ccc(O)c2C3=O)c1. The Bertz CT molecular complexity index is 1250. The second kappa shape index (κ2) is 6.89. The number of nitro groups is 1. The molecular weight excluding hydrogens is 392 g/mol. The molecular formula is C21H14N2O7. The molecule has 0 amide bonds. The number of nitrogens with zero attached hydrogens (tertiary/aromatic N) is 1. The molecule has 0 heterocycles. The zero-order chi connectivity index (χ0) is 21.6. The zero-order valence-electron chi connectivity index (χ0n) is 15.5. The van der Waals surface area contributed by atoms with Crippen molar-refractivity contribution in [3.8, 4) is 17.2 Å². The smallest absolute Gasteiger partial charge is 0.281 e. The number of nitrogens with one attached hydrogen (secondary N) is 1. The molecule has 30 heavy (non-hydrogen) atoms. The number of rotatable bonds is 4. The molecule has 0 spiro atoms. The third kappa shape index (κ3) is 2.80. The lowest BCUT2D eigenvalue weighted by Crippen LogP contribution is -2.23. The Morgan fingerprint density at radius 1 is 0.900 bits per heavy atom. The van der Waals surface area contributed by atoms with Crippen LogP contribution in [0.15, 0.2) is 48.5 Å². The number of hydrogen-bond acceptors (Lipinski definition) is 8. The third-order valence-corrected chi connectivity index (χ3v) is 4.80. The van der Waals surface area contributed by atoms with Gasteiger partial charge in [-0.3, -0.25) is 19.7 Å². The van der Waals surface area contributed by atoms with Gasteiger partial charge in [-0.25, -0.2) is 0 Å². The lowest BCUT2D eigenvalue weighted by atomic mass is 9.81. The monoisotopic (exact) mass is 406 g/mol. The number of carbonyl (C=O) groups excluding carboxylic acids is 2. The number of fused-ring (bicyclic) bond motifs is 2. The van der Waals surface area contributed by atoms with Crippen molar-refractivity contribution < 1.29 is 29.5 Å². The van der Waals surface area contributed by atoms with Crippen molar-refractivity contribution in [2.24, 2.45) is 0 Å². The number of ketones is 2. The number of phenols is 2. The molecule has 0 unspecified atom stereocenters. The Morgan fingerprint density at radius 2 is 1.53 bits per heavy atom. The molecule has 0 aromatic heterocycles. The number of aromatic hydroxyl groups is 2. The van der Waals surface area contributed by atoms with E-state index in [-0.39, 0.29) is 16.8 Å². The van der Waals surface area contributed by atoms with Gasteiger partial charge in [0.25, 0.3) is 5.69 Å². The van der Waals surface area contributed by atoms with Gasteiger partial charge in [0, 0.05) is 17.8 Å². The molecule has 3 aromatic rings. The Hall–Kier alpha value is -4.40. The van der Waals surface area contributed by atoms with E-state index in [1.807, 2.05) is 0 Å². The van der Waals surface area contributed by atoms with Crippen LogP contribution < -0.4 is 10.1 Å². The van der Waals surface area contributed by atoms with E-state index in [0.717, 1.165) is 12.1 Å². The number of phenolic OH excluding ortho intramolecular Hbond substituents is 2. The summed E-state index contributed by atoms with van der Waals surface area (Å²) in [5.74, 6) is -2.25. The molecule has 0 aliphatic heterocycles. The molecule has 0 bridgehead atoms. The average Bonchev–Trinajstić information content (AvgIpc) is 2.72. The minimum atomic E-state index is -0.882. The van der Waals surface area contributed by atoms with Gasteiger partial charge in [-0.2, -0.15) is 0 Å². The van der Waals surface area contributed by atoms with Crippen LogP contribution in [0.3, 0.4) is 0 Å². The summed E-state index contributed by atoms with van der Waals surface area (Å²) in [7, 11) is 1.49. The van der Waals surface area contributed by atoms with Crippen LogP contribution in [0, 0.1) is 10.1 Å². The highest BCUT2D eigenvalue weighted by molar-refractivity contribution is 6.33. The highest BCUT2D eigenvalue weighted by Gasteiger charge is 2.40. The van der Waals surface area contributed by atoms with Crippen molar-refractivity contribution in [2.45, 2.75) is 0 Å². The van der Waals surface area contributed by atoms with Crippen LogP contribution >= 0.6 is 0 Å². The van der Waals surface area contributed by atoms with Gasteiger partial charge >= 0.3 is 0 Å². The summed E-state index contributed by atoms with van der Waals surface area (Å²) in [6.45, 7) is 0. The maximum atomic E-state index is 13.3. The van der Waals surface area contributed by atoms with E-state index in [2.05, 4.69) is 5.32 Å². The van der Waals surface area contributed by atoms with Gasteiger partial charge in [-0.1, -0.05) is 6.07 Å². The Balaban J connectivity index is 1.94. The first-order chi connectivity index (χ1) is 14.3. The summed E-state index contributed by atoms with van der Waals surface area (Å²) in [4.78, 5) is 37.0. The average molecular weight is 406 g/mol. The first-order valence-electron chi connectivity index (χ1n) is 8.70. The highest BCUT2D eigenvalue weighted by atomic mass is 16.6. The first kappa shape index (κ1) is 18.9. The largest absolute Gasteiger partial charge is 0.507 e. The molecule has 0 fully saturated rings. The van der Waals surface area contributed by atoms with Gasteiger partial charge in [0.2, 0.25) is 11.6 Å². The van der Waals surface area contributed by atoms with Crippen molar-refractivity contribution in [1.82, 2.24) is 0 Å². The van der Waals surface area contributed by atoms with E-state index < -0.39 is 44.8 Å². The van der Waals surface area contributed by atoms with Crippen molar-refractivity contribution in [2.75, 3.05) is 12.4 Å². The molecule has 0 radical (unpaired) electrons. The Labute approximate surface area is 169 Å². The van der Waals surface area contributed by atoms with Gasteiger partial charge in [-0.15, -0.1) is 0 Å². The minimum absolute atomic E-state index is 0.165. The molecule has 3 N–H and O–H groups in total. The second-order valence-corrected chi connectivity index (χ2v) is 6.51. The van der Waals surface area contributed by atoms with Gasteiger partial charge < -0.3 is 20.3 Å². The number of anilines is 2. The summed E-state index contributed by atoms with van der Waals surface area (Å²) in [5.41, 5.74) is -1.49. The molecule has 0 saturated heterocycles. The quantitative estimate of drug-likeness (QED) is 0.266. The van der Waals surface area contributed by atoms with Gasteiger partial charge in [0.15, 0.2) is 0 Å². The van der Waals surface area contributed by atoms with Crippen molar-refractivity contribution in [3.05, 3.63) is 80.9 Å². The van der Waals surface area contributed by atoms with Crippen molar-refractivity contribution in [3.63, 3.8) is 0 Å². The molecule has 9 heteroatoms. The van der Waals surface area contributed by atoms with Crippen LogP contribution in [0.5, 0.6) is 17.2 Å². The maximum Gasteiger partial charge on any atom is 0.281 e. The van der Waals surface area contributed by atoms with Crippen LogP contribution in [0.2, 0.25) is 0 Å². The fourth-order valence-electron chi connectivity index (χ4n) is 3.46. The molecule has 9 nitrogen and oxygen atoms in total. The van der Waals surface area contributed by atoms with E-state index in [0.29, 0.717) is 11.4 Å². The summed E-state index contributed by atoms with van der Waals surface area (Å²) in [6.07, 6.45) is 0. The molecule has 150 valence electrons. The highest BCUT2D eigenvalue weighted by Crippen LogP contribution is 2.43. The fourth-order valence-corrected chi connectivity index (χ4v) is 3.46. The van der Waals surface area contributed by atoms with Crippen molar-refractivity contribution >= 4 is 28.6 Å². The summed E-state index contributed by atoms with van der Waals surface area (Å²) < 4.78 is 5.16. The van der Waals surface area contributed by atoms with E-state index >= 15 is 0 Å². The van der Waals surface area contributed by atoms with Crippen LogP contribution in [0.25, 0.3) is 0 Å². The summed E-state index contributed by atoms with van der Waals surface area (Å²) in [6, 6.07) is 11.3. The normalized spacial score (nSPS) is 12.2. The third-order valence-electron chi connectivity index (χ3n) is 4.80. The lowest BCUT2D eigenvalue weighted by molar-refractivity contribution is -0.385. The minimum Gasteiger partial charge on any atom is -0.507 e.